The summed E-state index contributed by atoms with van der Waals surface area (Å²) in [6.45, 7) is 1.75. The maximum atomic E-state index is 15.7. The van der Waals surface area contributed by atoms with E-state index in [2.05, 4.69) is 9.88 Å². The summed E-state index contributed by atoms with van der Waals surface area (Å²) in [5, 5.41) is 10.4. The van der Waals surface area contributed by atoms with E-state index in [0.717, 1.165) is 0 Å². The molecule has 0 bridgehead atoms. The van der Waals surface area contributed by atoms with Crippen LogP contribution >= 0.6 is 11.6 Å². The largest absolute Gasteiger partial charge is 0.497 e. The lowest BCUT2D eigenvalue weighted by Crippen LogP contribution is -2.41. The van der Waals surface area contributed by atoms with Crippen LogP contribution in [0.5, 0.6) is 5.75 Å². The SMILES string of the molecule is COc1ccc2ncc(Cl)c(C(F)CCC3(CC(=O)O)CCN(CCCc4c(F)cc(F)cc4F)CC3)c2c1. The topological polar surface area (TPSA) is 62.7 Å². The van der Waals surface area contributed by atoms with Gasteiger partial charge in [0, 0.05) is 34.8 Å². The molecular weight excluding hydrogens is 536 g/mol. The van der Waals surface area contributed by atoms with Crippen molar-refractivity contribution in [2.45, 2.75) is 51.1 Å². The maximum absolute atomic E-state index is 15.7. The second-order valence-electron chi connectivity index (χ2n) is 10.3. The molecule has 1 aliphatic rings. The summed E-state index contributed by atoms with van der Waals surface area (Å²) < 4.78 is 62.0. The van der Waals surface area contributed by atoms with Crippen LogP contribution in [0.15, 0.2) is 36.5 Å². The first-order valence-electron chi connectivity index (χ1n) is 12.9. The molecule has 10 heteroatoms. The number of pyridine rings is 1. The van der Waals surface area contributed by atoms with E-state index in [-0.39, 0.29) is 29.8 Å². The molecule has 2 aromatic carbocycles. The third-order valence-electron chi connectivity index (χ3n) is 7.76. The lowest BCUT2D eigenvalue weighted by Gasteiger charge is -2.41. The number of alkyl halides is 1. The maximum Gasteiger partial charge on any atom is 0.303 e. The minimum atomic E-state index is -1.42. The van der Waals surface area contributed by atoms with E-state index in [1.807, 2.05) is 0 Å². The summed E-state index contributed by atoms with van der Waals surface area (Å²) in [6.07, 6.45) is 2.12. The Balaban J connectivity index is 1.39. The Morgan fingerprint density at radius 3 is 2.51 bits per heavy atom. The second kappa shape index (κ2) is 12.5. The van der Waals surface area contributed by atoms with Gasteiger partial charge >= 0.3 is 5.97 Å². The Labute approximate surface area is 229 Å². The van der Waals surface area contributed by atoms with Crippen LogP contribution in [0.2, 0.25) is 5.02 Å². The number of likely N-dealkylation sites (tertiary alicyclic amines) is 1. The zero-order valence-corrected chi connectivity index (χ0v) is 22.4. The Morgan fingerprint density at radius 2 is 1.87 bits per heavy atom. The first-order chi connectivity index (χ1) is 18.6. The number of benzene rings is 2. The fourth-order valence-corrected chi connectivity index (χ4v) is 5.84. The van der Waals surface area contributed by atoms with E-state index in [0.29, 0.717) is 79.7 Å². The lowest BCUT2D eigenvalue weighted by molar-refractivity contribution is -0.141. The van der Waals surface area contributed by atoms with Crippen molar-refractivity contribution in [2.24, 2.45) is 5.41 Å². The predicted molar refractivity (Wildman–Crippen MR) is 141 cm³/mol. The van der Waals surface area contributed by atoms with Gasteiger partial charge in [0.2, 0.25) is 0 Å². The zero-order chi connectivity index (χ0) is 28.2. The van der Waals surface area contributed by atoms with Gasteiger partial charge in [-0.1, -0.05) is 11.6 Å². The molecule has 4 rings (SSSR count). The van der Waals surface area contributed by atoms with Crippen LogP contribution in [-0.4, -0.2) is 47.7 Å². The molecule has 1 aromatic heterocycles. The lowest BCUT2D eigenvalue weighted by atomic mass is 9.71. The predicted octanol–water partition coefficient (Wildman–Crippen LogP) is 7.29. The number of halogens is 5. The van der Waals surface area contributed by atoms with Crippen LogP contribution in [0.4, 0.5) is 17.6 Å². The number of fused-ring (bicyclic) bond motifs is 1. The quantitative estimate of drug-likeness (QED) is 0.247. The number of hydrogen-bond donors (Lipinski definition) is 1. The average molecular weight is 567 g/mol. The van der Waals surface area contributed by atoms with Crippen LogP contribution in [0.3, 0.4) is 0 Å². The third kappa shape index (κ3) is 7.00. The highest BCUT2D eigenvalue weighted by molar-refractivity contribution is 6.32. The number of carboxylic acid groups (broad SMARTS) is 1. The smallest absolute Gasteiger partial charge is 0.303 e. The van der Waals surface area contributed by atoms with Gasteiger partial charge < -0.3 is 14.7 Å². The van der Waals surface area contributed by atoms with E-state index in [1.54, 1.807) is 18.2 Å². The molecule has 39 heavy (non-hydrogen) atoms. The van der Waals surface area contributed by atoms with Crippen molar-refractivity contribution in [2.75, 3.05) is 26.7 Å². The molecule has 1 unspecified atom stereocenters. The summed E-state index contributed by atoms with van der Waals surface area (Å²) >= 11 is 6.36. The fraction of sp³-hybridized carbons (Fsp3) is 0.448. The molecule has 0 amide bonds. The highest BCUT2D eigenvalue weighted by atomic mass is 35.5. The van der Waals surface area contributed by atoms with Gasteiger partial charge in [-0.25, -0.2) is 17.6 Å². The first kappa shape index (κ1) is 29.1. The summed E-state index contributed by atoms with van der Waals surface area (Å²) in [5.41, 5.74) is 0.201. The molecule has 2 heterocycles. The molecule has 1 atom stereocenters. The monoisotopic (exact) mass is 566 g/mol. The molecule has 0 spiro atoms. The Hall–Kier alpha value is -2.91. The normalized spacial score (nSPS) is 16.4. The number of rotatable bonds is 11. The molecule has 1 saturated heterocycles. The number of piperidine rings is 1. The van der Waals surface area contributed by atoms with Crippen molar-refractivity contribution in [3.05, 3.63) is 70.1 Å². The van der Waals surface area contributed by atoms with Gasteiger partial charge in [0.1, 0.15) is 29.4 Å². The first-order valence-corrected chi connectivity index (χ1v) is 13.3. The summed E-state index contributed by atoms with van der Waals surface area (Å²) in [7, 11) is 1.52. The van der Waals surface area contributed by atoms with Gasteiger partial charge in [-0.3, -0.25) is 9.78 Å². The zero-order valence-electron chi connectivity index (χ0n) is 21.7. The minimum absolute atomic E-state index is 0.0712. The van der Waals surface area contributed by atoms with E-state index in [4.69, 9.17) is 16.3 Å². The van der Waals surface area contributed by atoms with Gasteiger partial charge in [0.25, 0.3) is 0 Å². The van der Waals surface area contributed by atoms with E-state index < -0.39 is 35.0 Å². The number of aromatic nitrogens is 1. The van der Waals surface area contributed by atoms with Crippen LogP contribution < -0.4 is 4.74 Å². The molecule has 210 valence electrons. The van der Waals surface area contributed by atoms with Gasteiger partial charge in [-0.2, -0.15) is 0 Å². The standard InChI is InChI=1S/C29H31ClF4N2O3/c1-39-19-4-5-26-21(15-19)28(22(30)17-35-26)23(32)6-7-29(16-27(37)38)8-11-36(12-9-29)10-2-3-20-24(33)13-18(31)14-25(20)34/h4-5,13-15,17,23H,2-3,6-12,16H2,1H3,(H,37,38). The van der Waals surface area contributed by atoms with Gasteiger partial charge in [-0.05, 0) is 81.8 Å². The van der Waals surface area contributed by atoms with Crippen molar-refractivity contribution in [1.82, 2.24) is 9.88 Å². The molecule has 0 saturated carbocycles. The number of carboxylic acids is 1. The fourth-order valence-electron chi connectivity index (χ4n) is 5.57. The van der Waals surface area contributed by atoms with Crippen molar-refractivity contribution in [3.63, 3.8) is 0 Å². The number of carbonyl (C=O) groups is 1. The second-order valence-corrected chi connectivity index (χ2v) is 10.7. The minimum Gasteiger partial charge on any atom is -0.497 e. The molecular formula is C29H31ClF4N2O3. The molecule has 0 aliphatic carbocycles. The van der Waals surface area contributed by atoms with Crippen molar-refractivity contribution in [3.8, 4) is 5.75 Å². The number of aliphatic carboxylic acids is 1. The number of hydrogen-bond acceptors (Lipinski definition) is 4. The molecule has 1 fully saturated rings. The van der Waals surface area contributed by atoms with Crippen molar-refractivity contribution < 1.29 is 32.2 Å². The Kier molecular flexibility index (Phi) is 9.33. The summed E-state index contributed by atoms with van der Waals surface area (Å²) in [4.78, 5) is 18.1. The van der Waals surface area contributed by atoms with Gasteiger partial charge in [-0.15, -0.1) is 0 Å². The molecule has 1 aliphatic heterocycles. The molecule has 1 N–H and O–H groups in total. The van der Waals surface area contributed by atoms with Gasteiger partial charge in [0.15, 0.2) is 0 Å². The average Bonchev–Trinajstić information content (AvgIpc) is 2.89. The molecule has 3 aromatic rings. The molecule has 0 radical (unpaired) electrons. The Bertz CT molecular complexity index is 1310. The third-order valence-corrected chi connectivity index (χ3v) is 8.06. The van der Waals surface area contributed by atoms with Crippen molar-refractivity contribution >= 4 is 28.5 Å². The van der Waals surface area contributed by atoms with E-state index in [1.165, 1.54) is 13.3 Å². The molecule has 5 nitrogen and oxygen atoms in total. The van der Waals surface area contributed by atoms with Gasteiger partial charge in [0.05, 0.1) is 24.1 Å². The number of nitrogens with zero attached hydrogens (tertiary/aromatic N) is 2. The van der Waals surface area contributed by atoms with E-state index >= 15 is 4.39 Å². The number of ether oxygens (including phenoxy) is 1. The van der Waals surface area contributed by atoms with Crippen LogP contribution in [0.25, 0.3) is 10.9 Å². The van der Waals surface area contributed by atoms with Crippen molar-refractivity contribution in [1.29, 1.82) is 0 Å². The highest BCUT2D eigenvalue weighted by Crippen LogP contribution is 2.44. The highest BCUT2D eigenvalue weighted by Gasteiger charge is 2.37. The summed E-state index contributed by atoms with van der Waals surface area (Å²) in [6, 6.07) is 6.53. The van der Waals surface area contributed by atoms with Crippen LogP contribution in [0, 0.1) is 22.9 Å². The van der Waals surface area contributed by atoms with Crippen LogP contribution in [0.1, 0.15) is 55.8 Å². The van der Waals surface area contributed by atoms with E-state index in [9.17, 15) is 23.1 Å². The van der Waals surface area contributed by atoms with Crippen LogP contribution in [-0.2, 0) is 11.2 Å². The number of methoxy groups -OCH3 is 1. The Morgan fingerprint density at radius 1 is 1.18 bits per heavy atom. The summed E-state index contributed by atoms with van der Waals surface area (Å²) in [5.74, 6) is -3.12.